The molecule has 0 fully saturated rings. The third kappa shape index (κ3) is 6.29. The van der Waals surface area contributed by atoms with Gasteiger partial charge in [-0.3, -0.25) is 9.59 Å². The van der Waals surface area contributed by atoms with Gasteiger partial charge < -0.3 is 4.74 Å². The van der Waals surface area contributed by atoms with Crippen LogP contribution in [0.4, 0.5) is 0 Å². The van der Waals surface area contributed by atoms with E-state index in [9.17, 15) is 9.59 Å². The highest BCUT2D eigenvalue weighted by Crippen LogP contribution is 2.30. The average molecular weight is 301 g/mol. The van der Waals surface area contributed by atoms with Gasteiger partial charge in [-0.25, -0.2) is 4.99 Å². The molecule has 6 heteroatoms. The van der Waals surface area contributed by atoms with Gasteiger partial charge in [-0.15, -0.1) is 0 Å². The van der Waals surface area contributed by atoms with Crippen LogP contribution in [0.15, 0.2) is 16.8 Å². The van der Waals surface area contributed by atoms with Gasteiger partial charge in [-0.05, 0) is 39.0 Å². The Morgan fingerprint density at radius 2 is 2.16 bits per heavy atom. The first-order valence-electron chi connectivity index (χ1n) is 6.17. The molecular formula is C13H19NO3S2. The summed E-state index contributed by atoms with van der Waals surface area (Å²) in [5.41, 5.74) is 0.0168. The topological polar surface area (TPSA) is 55.7 Å². The van der Waals surface area contributed by atoms with Gasteiger partial charge in [0.15, 0.2) is 0 Å². The van der Waals surface area contributed by atoms with E-state index in [4.69, 9.17) is 4.74 Å². The van der Waals surface area contributed by atoms with Crippen molar-refractivity contribution in [2.75, 3.05) is 5.75 Å². The van der Waals surface area contributed by atoms with Crippen LogP contribution >= 0.6 is 23.5 Å². The maximum atomic E-state index is 11.6. The Morgan fingerprint density at radius 1 is 1.47 bits per heavy atom. The predicted molar refractivity (Wildman–Crippen MR) is 81.3 cm³/mol. The second kappa shape index (κ2) is 7.14. The van der Waals surface area contributed by atoms with Crippen molar-refractivity contribution in [2.45, 2.75) is 46.1 Å². The number of esters is 1. The van der Waals surface area contributed by atoms with Crippen molar-refractivity contribution in [3.8, 4) is 0 Å². The Morgan fingerprint density at radius 3 is 2.74 bits per heavy atom. The monoisotopic (exact) mass is 301 g/mol. The zero-order chi connectivity index (χ0) is 14.5. The van der Waals surface area contributed by atoms with E-state index in [1.807, 2.05) is 33.8 Å². The van der Waals surface area contributed by atoms with Crippen molar-refractivity contribution in [3.05, 3.63) is 11.8 Å². The number of rotatable bonds is 4. The molecule has 1 heterocycles. The lowest BCUT2D eigenvalue weighted by Gasteiger charge is -2.19. The summed E-state index contributed by atoms with van der Waals surface area (Å²) in [6.45, 7) is 7.52. The summed E-state index contributed by atoms with van der Waals surface area (Å²) in [7, 11) is 0. The average Bonchev–Trinajstić information content (AvgIpc) is 2.62. The number of ether oxygens (including phenoxy) is 1. The molecule has 0 saturated carbocycles. The minimum atomic E-state index is -0.482. The summed E-state index contributed by atoms with van der Waals surface area (Å²) in [5.74, 6) is -0.114. The van der Waals surface area contributed by atoms with Crippen LogP contribution < -0.4 is 0 Å². The number of hydrogen-bond acceptors (Lipinski definition) is 6. The molecule has 4 nitrogen and oxygen atoms in total. The first-order valence-corrected chi connectivity index (χ1v) is 7.97. The lowest BCUT2D eigenvalue weighted by atomic mass is 10.2. The van der Waals surface area contributed by atoms with Crippen LogP contribution in [0.25, 0.3) is 0 Å². The molecule has 0 aromatic rings. The van der Waals surface area contributed by atoms with Crippen LogP contribution in [0.2, 0.25) is 0 Å². The van der Waals surface area contributed by atoms with Crippen molar-refractivity contribution in [1.82, 2.24) is 0 Å². The fraction of sp³-hybridized carbons (Fsp3) is 0.615. The molecule has 0 aliphatic carbocycles. The number of carbonyl (C=O) groups excluding carboxylic acids is 2. The molecule has 0 aromatic carbocycles. The van der Waals surface area contributed by atoms with Crippen molar-refractivity contribution in [3.63, 3.8) is 0 Å². The molecule has 19 heavy (non-hydrogen) atoms. The SMILES string of the molecule is CCCC=C1N=C(SCC(=O)OC(C)(C)C)SC1=O. The first kappa shape index (κ1) is 16.3. The maximum absolute atomic E-state index is 11.6. The summed E-state index contributed by atoms with van der Waals surface area (Å²) in [6, 6.07) is 0. The van der Waals surface area contributed by atoms with E-state index in [1.54, 1.807) is 0 Å². The smallest absolute Gasteiger partial charge is 0.316 e. The summed E-state index contributed by atoms with van der Waals surface area (Å²) in [6.07, 6.45) is 3.67. The largest absolute Gasteiger partial charge is 0.459 e. The number of thioether (sulfide) groups is 2. The summed E-state index contributed by atoms with van der Waals surface area (Å²) in [5, 5.41) is -0.0415. The molecule has 0 bridgehead atoms. The predicted octanol–water partition coefficient (Wildman–Crippen LogP) is 3.37. The molecule has 0 spiro atoms. The molecule has 0 amide bonds. The molecule has 0 unspecified atom stereocenters. The van der Waals surface area contributed by atoms with Crippen molar-refractivity contribution >= 4 is 39.0 Å². The molecule has 106 valence electrons. The van der Waals surface area contributed by atoms with Crippen LogP contribution in [0.5, 0.6) is 0 Å². The van der Waals surface area contributed by atoms with Gasteiger partial charge in [0.05, 0.1) is 5.75 Å². The zero-order valence-corrected chi connectivity index (χ0v) is 13.3. The van der Waals surface area contributed by atoms with Gasteiger partial charge in [-0.2, -0.15) is 0 Å². The number of nitrogens with zero attached hydrogens (tertiary/aromatic N) is 1. The third-order valence-corrected chi connectivity index (χ3v) is 3.94. The van der Waals surface area contributed by atoms with Gasteiger partial charge in [0.25, 0.3) is 0 Å². The van der Waals surface area contributed by atoms with Gasteiger partial charge in [0, 0.05) is 0 Å². The Bertz CT molecular complexity index is 422. The molecule has 0 aromatic heterocycles. The van der Waals surface area contributed by atoms with E-state index in [0.29, 0.717) is 10.1 Å². The lowest BCUT2D eigenvalue weighted by Crippen LogP contribution is -2.25. The number of carbonyl (C=O) groups is 2. The molecule has 1 rings (SSSR count). The molecule has 0 radical (unpaired) electrons. The standard InChI is InChI=1S/C13H19NO3S2/c1-5-6-7-9-11(16)19-12(14-9)18-8-10(15)17-13(2,3)4/h7H,5-6,8H2,1-4H3. The van der Waals surface area contributed by atoms with Gasteiger partial charge >= 0.3 is 5.97 Å². The molecular weight excluding hydrogens is 282 g/mol. The summed E-state index contributed by atoms with van der Waals surface area (Å²) >= 11 is 2.33. The highest BCUT2D eigenvalue weighted by Gasteiger charge is 2.24. The van der Waals surface area contributed by atoms with Crippen LogP contribution in [-0.4, -0.2) is 26.8 Å². The normalized spacial score (nSPS) is 17.8. The molecule has 1 aliphatic rings. The fourth-order valence-corrected chi connectivity index (χ4v) is 2.90. The number of aliphatic imine (C=N–C) groups is 1. The lowest BCUT2D eigenvalue weighted by molar-refractivity contribution is -0.151. The second-order valence-electron chi connectivity index (χ2n) is 5.02. The first-order chi connectivity index (χ1) is 8.81. The Kier molecular flexibility index (Phi) is 6.13. The van der Waals surface area contributed by atoms with Gasteiger partial charge in [-0.1, -0.05) is 31.2 Å². The number of unbranched alkanes of at least 4 members (excludes halogenated alkanes) is 1. The minimum Gasteiger partial charge on any atom is -0.459 e. The highest BCUT2D eigenvalue weighted by atomic mass is 32.2. The fourth-order valence-electron chi connectivity index (χ4n) is 1.26. The summed E-state index contributed by atoms with van der Waals surface area (Å²) < 4.78 is 5.82. The second-order valence-corrected chi connectivity index (χ2v) is 7.20. The van der Waals surface area contributed by atoms with E-state index in [1.165, 1.54) is 11.8 Å². The van der Waals surface area contributed by atoms with Crippen LogP contribution in [-0.2, 0) is 14.3 Å². The van der Waals surface area contributed by atoms with Crippen molar-refractivity contribution in [1.29, 1.82) is 0 Å². The minimum absolute atomic E-state index is 0.0415. The summed E-state index contributed by atoms with van der Waals surface area (Å²) in [4.78, 5) is 27.4. The number of allylic oxidation sites excluding steroid dienone is 1. The number of hydrogen-bond donors (Lipinski definition) is 0. The Balaban J connectivity index is 2.47. The third-order valence-electron chi connectivity index (χ3n) is 1.96. The van der Waals surface area contributed by atoms with Gasteiger partial charge in [0.2, 0.25) is 5.12 Å². The van der Waals surface area contributed by atoms with E-state index >= 15 is 0 Å². The molecule has 0 saturated heterocycles. The van der Waals surface area contributed by atoms with Gasteiger partial charge in [0.1, 0.15) is 15.7 Å². The van der Waals surface area contributed by atoms with Crippen LogP contribution in [0.1, 0.15) is 40.5 Å². The van der Waals surface area contributed by atoms with Crippen molar-refractivity contribution in [2.24, 2.45) is 4.99 Å². The Hall–Kier alpha value is -0.750. The van der Waals surface area contributed by atoms with Crippen molar-refractivity contribution < 1.29 is 14.3 Å². The van der Waals surface area contributed by atoms with E-state index in [2.05, 4.69) is 4.99 Å². The Labute approximate surface area is 122 Å². The van der Waals surface area contributed by atoms with E-state index in [-0.39, 0.29) is 16.8 Å². The molecule has 0 atom stereocenters. The van der Waals surface area contributed by atoms with Crippen LogP contribution in [0.3, 0.4) is 0 Å². The molecule has 1 aliphatic heterocycles. The highest BCUT2D eigenvalue weighted by molar-refractivity contribution is 8.45. The maximum Gasteiger partial charge on any atom is 0.316 e. The van der Waals surface area contributed by atoms with E-state index in [0.717, 1.165) is 24.6 Å². The van der Waals surface area contributed by atoms with Crippen LogP contribution in [0, 0.1) is 0 Å². The zero-order valence-electron chi connectivity index (χ0n) is 11.7. The quantitative estimate of drug-likeness (QED) is 0.588. The van der Waals surface area contributed by atoms with E-state index < -0.39 is 5.60 Å². The molecule has 0 N–H and O–H groups in total.